The number of oxazole rings is 1. The van der Waals surface area contributed by atoms with Gasteiger partial charge in [0.2, 0.25) is 0 Å². The molecule has 1 N–H and O–H groups in total. The Morgan fingerprint density at radius 3 is 2.93 bits per heavy atom. The Hall–Kier alpha value is -3.11. The molecule has 1 aromatic heterocycles. The van der Waals surface area contributed by atoms with Crippen molar-refractivity contribution in [2.45, 2.75) is 32.9 Å². The first kappa shape index (κ1) is 19.2. The van der Waals surface area contributed by atoms with E-state index in [1.807, 2.05) is 19.1 Å². The highest BCUT2D eigenvalue weighted by Gasteiger charge is 2.12. The summed E-state index contributed by atoms with van der Waals surface area (Å²) in [5.74, 6) is 1.52. The minimum atomic E-state index is 0.272. The highest BCUT2D eigenvalue weighted by molar-refractivity contribution is 5.82. The van der Waals surface area contributed by atoms with Crippen LogP contribution in [-0.2, 0) is 6.54 Å². The summed E-state index contributed by atoms with van der Waals surface area (Å²) < 4.78 is 11.2. The number of ether oxygens (including phenoxy) is 1. The summed E-state index contributed by atoms with van der Waals surface area (Å²) in [6.07, 6.45) is 11.9. The number of fused-ring (bicyclic) bond motifs is 1. The van der Waals surface area contributed by atoms with Gasteiger partial charge in [0.05, 0.1) is 7.11 Å². The molecule has 0 amide bonds. The predicted molar refractivity (Wildman–Crippen MR) is 118 cm³/mol. The van der Waals surface area contributed by atoms with E-state index in [-0.39, 0.29) is 6.04 Å². The zero-order valence-corrected chi connectivity index (χ0v) is 17.1. The van der Waals surface area contributed by atoms with Gasteiger partial charge in [-0.15, -0.1) is 0 Å². The molecule has 4 heteroatoms. The van der Waals surface area contributed by atoms with Gasteiger partial charge in [-0.2, -0.15) is 0 Å². The topological polar surface area (TPSA) is 47.3 Å². The average Bonchev–Trinajstić information content (AvgIpc) is 2.92. The highest BCUT2D eigenvalue weighted by atomic mass is 16.5. The van der Waals surface area contributed by atoms with Gasteiger partial charge in [-0.3, -0.25) is 0 Å². The molecule has 1 heterocycles. The lowest BCUT2D eigenvalue weighted by atomic mass is 10.0. The van der Waals surface area contributed by atoms with Crippen molar-refractivity contribution in [3.05, 3.63) is 83.8 Å². The molecule has 4 nitrogen and oxygen atoms in total. The maximum Gasteiger partial charge on any atom is 0.192 e. The first-order chi connectivity index (χ1) is 14.1. The molecule has 0 saturated heterocycles. The van der Waals surface area contributed by atoms with Gasteiger partial charge >= 0.3 is 0 Å². The van der Waals surface area contributed by atoms with Crippen LogP contribution in [0.1, 0.15) is 24.8 Å². The van der Waals surface area contributed by atoms with Gasteiger partial charge in [-0.1, -0.05) is 42.5 Å². The maximum atomic E-state index is 5.62. The summed E-state index contributed by atoms with van der Waals surface area (Å²) >= 11 is 0. The number of allylic oxidation sites excluding steroid dienone is 4. The summed E-state index contributed by atoms with van der Waals surface area (Å²) in [5, 5.41) is 3.62. The fraction of sp³-hybridized carbons (Fsp3) is 0.240. The van der Waals surface area contributed by atoms with E-state index in [1.54, 1.807) is 7.11 Å². The van der Waals surface area contributed by atoms with Crippen molar-refractivity contribution in [3.63, 3.8) is 0 Å². The SMILES string of the molecule is COc1ccc(CNC(C)C2=CC=CCC=C2)cc1-c1ccc2oc(C)nc2c1. The van der Waals surface area contributed by atoms with Crippen LogP contribution >= 0.6 is 0 Å². The first-order valence-corrected chi connectivity index (χ1v) is 9.95. The third-order valence-corrected chi connectivity index (χ3v) is 5.19. The highest BCUT2D eigenvalue weighted by Crippen LogP contribution is 2.33. The first-order valence-electron chi connectivity index (χ1n) is 9.95. The van der Waals surface area contributed by atoms with Crippen LogP contribution in [0.3, 0.4) is 0 Å². The average molecular weight is 386 g/mol. The van der Waals surface area contributed by atoms with Gasteiger partial charge in [0.15, 0.2) is 11.5 Å². The third-order valence-electron chi connectivity index (χ3n) is 5.19. The second-order valence-corrected chi connectivity index (χ2v) is 7.29. The van der Waals surface area contributed by atoms with Gasteiger partial charge in [-0.25, -0.2) is 4.98 Å². The number of nitrogens with zero attached hydrogens (tertiary/aromatic N) is 1. The van der Waals surface area contributed by atoms with Crippen LogP contribution in [0.4, 0.5) is 0 Å². The summed E-state index contributed by atoms with van der Waals surface area (Å²) in [6.45, 7) is 4.83. The monoisotopic (exact) mass is 386 g/mol. The maximum absolute atomic E-state index is 5.62. The third kappa shape index (κ3) is 4.33. The van der Waals surface area contributed by atoms with Crippen LogP contribution in [0, 0.1) is 6.92 Å². The molecule has 29 heavy (non-hydrogen) atoms. The van der Waals surface area contributed by atoms with Crippen LogP contribution < -0.4 is 10.1 Å². The number of rotatable bonds is 6. The van der Waals surface area contributed by atoms with Gasteiger partial charge < -0.3 is 14.5 Å². The number of hydrogen-bond donors (Lipinski definition) is 1. The van der Waals surface area contributed by atoms with Crippen molar-refractivity contribution in [3.8, 4) is 16.9 Å². The van der Waals surface area contributed by atoms with Crippen molar-refractivity contribution in [1.29, 1.82) is 0 Å². The van der Waals surface area contributed by atoms with E-state index in [4.69, 9.17) is 9.15 Å². The Kier molecular flexibility index (Phi) is 5.63. The largest absolute Gasteiger partial charge is 0.496 e. The van der Waals surface area contributed by atoms with E-state index in [9.17, 15) is 0 Å². The number of benzene rings is 2. The summed E-state index contributed by atoms with van der Waals surface area (Å²) in [6, 6.07) is 12.7. The minimum absolute atomic E-state index is 0.272. The molecule has 0 spiro atoms. The van der Waals surface area contributed by atoms with Crippen molar-refractivity contribution >= 4 is 11.1 Å². The smallest absolute Gasteiger partial charge is 0.192 e. The van der Waals surface area contributed by atoms with E-state index in [1.165, 1.54) is 11.1 Å². The van der Waals surface area contributed by atoms with Crippen molar-refractivity contribution in [2.75, 3.05) is 7.11 Å². The Bertz CT molecular complexity index is 1110. The molecular formula is C25H26N2O2. The zero-order chi connectivity index (χ0) is 20.2. The fourth-order valence-electron chi connectivity index (χ4n) is 3.57. The zero-order valence-electron chi connectivity index (χ0n) is 17.1. The van der Waals surface area contributed by atoms with Crippen molar-refractivity contribution in [2.24, 2.45) is 0 Å². The van der Waals surface area contributed by atoms with Crippen LogP contribution in [0.25, 0.3) is 22.2 Å². The van der Waals surface area contributed by atoms with Crippen molar-refractivity contribution in [1.82, 2.24) is 10.3 Å². The van der Waals surface area contributed by atoms with E-state index < -0.39 is 0 Å². The molecule has 4 rings (SSSR count). The summed E-state index contributed by atoms with van der Waals surface area (Å²) in [4.78, 5) is 4.46. The predicted octanol–water partition coefficient (Wildman–Crippen LogP) is 5.73. The van der Waals surface area contributed by atoms with Crippen LogP contribution in [0.2, 0.25) is 0 Å². The Balaban J connectivity index is 1.57. The molecule has 148 valence electrons. The van der Waals surface area contributed by atoms with E-state index >= 15 is 0 Å². The van der Waals surface area contributed by atoms with E-state index in [0.717, 1.165) is 40.9 Å². The minimum Gasteiger partial charge on any atom is -0.496 e. The lowest BCUT2D eigenvalue weighted by Gasteiger charge is -2.16. The van der Waals surface area contributed by atoms with Crippen LogP contribution in [0.5, 0.6) is 5.75 Å². The number of hydrogen-bond acceptors (Lipinski definition) is 4. The second kappa shape index (κ2) is 8.50. The molecule has 1 atom stereocenters. The van der Waals surface area contributed by atoms with Crippen molar-refractivity contribution < 1.29 is 9.15 Å². The number of nitrogens with one attached hydrogen (secondary N) is 1. The summed E-state index contributed by atoms with van der Waals surface area (Å²) in [5.41, 5.74) is 6.28. The Labute approximate surface area is 171 Å². The summed E-state index contributed by atoms with van der Waals surface area (Å²) in [7, 11) is 1.70. The molecule has 0 fully saturated rings. The normalized spacial score (nSPS) is 14.7. The van der Waals surface area contributed by atoms with Crippen LogP contribution in [0.15, 0.2) is 76.8 Å². The van der Waals surface area contributed by atoms with Gasteiger partial charge in [0.1, 0.15) is 11.3 Å². The Morgan fingerprint density at radius 1 is 1.17 bits per heavy atom. The van der Waals surface area contributed by atoms with Gasteiger partial charge in [0, 0.05) is 25.1 Å². The second-order valence-electron chi connectivity index (χ2n) is 7.29. The van der Waals surface area contributed by atoms with E-state index in [0.29, 0.717) is 5.89 Å². The lowest BCUT2D eigenvalue weighted by Crippen LogP contribution is -2.26. The molecule has 0 bridgehead atoms. The van der Waals surface area contributed by atoms with Gasteiger partial charge in [-0.05, 0) is 54.3 Å². The molecular weight excluding hydrogens is 360 g/mol. The lowest BCUT2D eigenvalue weighted by molar-refractivity contribution is 0.416. The molecule has 1 unspecified atom stereocenters. The molecule has 0 saturated carbocycles. The van der Waals surface area contributed by atoms with Gasteiger partial charge in [0.25, 0.3) is 0 Å². The van der Waals surface area contributed by atoms with E-state index in [2.05, 4.69) is 71.9 Å². The molecule has 1 aliphatic rings. The van der Waals surface area contributed by atoms with Crippen LogP contribution in [-0.4, -0.2) is 18.1 Å². The fourth-order valence-corrected chi connectivity index (χ4v) is 3.57. The number of aromatic nitrogens is 1. The Morgan fingerprint density at radius 2 is 2.07 bits per heavy atom. The molecule has 1 aliphatic carbocycles. The quantitative estimate of drug-likeness (QED) is 0.587. The number of methoxy groups -OCH3 is 1. The molecule has 0 aliphatic heterocycles. The molecule has 2 aromatic carbocycles. The molecule has 3 aromatic rings. The molecule has 0 radical (unpaired) electrons. The number of aryl methyl sites for hydroxylation is 1. The standard InChI is InChI=1S/C25H26N2O2/c1-17(20-8-6-4-5-7-9-20)26-16-19-10-12-24(28-3)22(14-19)21-11-13-25-23(15-21)27-18(2)29-25/h4,6-15,17,26H,5,16H2,1-3H3.